The molecule has 1 aromatic carbocycles. The first-order chi connectivity index (χ1) is 21.3. The standard InChI is InChI=1S/C28H31F3N8O5S/c1-18(34-22-13-33-39(27(40)26(22)28(29,30)31)14-19-4-6-20(43-2)7-5-19)16-44-17-23-35-25-15-37(10-11-38(25)36-23)24-9-8-21(12-32-24)45(3,41)42/h4-9,12-13,18,34H,10-11,14-17H2,1-3H3. The molecule has 0 saturated heterocycles. The molecule has 4 heterocycles. The van der Waals surface area contributed by atoms with Gasteiger partial charge < -0.3 is 19.7 Å². The summed E-state index contributed by atoms with van der Waals surface area (Å²) in [6.45, 7) is 2.99. The topological polar surface area (TPSA) is 146 Å². The van der Waals surface area contributed by atoms with Crippen LogP contribution in [0.25, 0.3) is 0 Å². The van der Waals surface area contributed by atoms with Crippen LogP contribution in [0.3, 0.4) is 0 Å². The van der Waals surface area contributed by atoms with Crippen molar-refractivity contribution in [3.05, 3.63) is 81.9 Å². The Bertz CT molecular complexity index is 1810. The van der Waals surface area contributed by atoms with E-state index in [1.807, 2.05) is 4.90 Å². The van der Waals surface area contributed by atoms with Gasteiger partial charge >= 0.3 is 6.18 Å². The highest BCUT2D eigenvalue weighted by molar-refractivity contribution is 7.90. The first-order valence-electron chi connectivity index (χ1n) is 13.8. The zero-order chi connectivity index (χ0) is 32.4. The number of hydrogen-bond acceptors (Lipinski definition) is 11. The maximum Gasteiger partial charge on any atom is 0.423 e. The van der Waals surface area contributed by atoms with Gasteiger partial charge in [0, 0.05) is 25.0 Å². The average Bonchev–Trinajstić information content (AvgIpc) is 3.40. The van der Waals surface area contributed by atoms with E-state index >= 15 is 0 Å². The third kappa shape index (κ3) is 7.59. The van der Waals surface area contributed by atoms with Gasteiger partial charge in [-0.05, 0) is 36.8 Å². The fraction of sp³-hybridized carbons (Fsp3) is 0.393. The van der Waals surface area contributed by atoms with Crippen molar-refractivity contribution in [1.82, 2.24) is 29.5 Å². The Morgan fingerprint density at radius 2 is 1.84 bits per heavy atom. The minimum absolute atomic E-state index is 0.00116. The summed E-state index contributed by atoms with van der Waals surface area (Å²) in [6.07, 6.45) is -1.48. The molecule has 3 aromatic heterocycles. The lowest BCUT2D eigenvalue weighted by atomic mass is 10.2. The van der Waals surface area contributed by atoms with E-state index in [-0.39, 0.29) is 24.7 Å². The highest BCUT2D eigenvalue weighted by atomic mass is 32.2. The molecule has 0 spiro atoms. The van der Waals surface area contributed by atoms with Crippen LogP contribution < -0.4 is 20.5 Å². The normalized spacial score (nSPS) is 14.2. The predicted octanol–water partition coefficient (Wildman–Crippen LogP) is 2.75. The summed E-state index contributed by atoms with van der Waals surface area (Å²) >= 11 is 0. The van der Waals surface area contributed by atoms with E-state index in [4.69, 9.17) is 9.47 Å². The van der Waals surface area contributed by atoms with E-state index in [1.165, 1.54) is 19.4 Å². The number of nitrogens with one attached hydrogen (secondary N) is 1. The molecule has 13 nitrogen and oxygen atoms in total. The van der Waals surface area contributed by atoms with Gasteiger partial charge in [-0.1, -0.05) is 12.1 Å². The highest BCUT2D eigenvalue weighted by Crippen LogP contribution is 2.32. The number of sulfone groups is 1. The van der Waals surface area contributed by atoms with Gasteiger partial charge in [0.15, 0.2) is 15.7 Å². The van der Waals surface area contributed by atoms with Gasteiger partial charge in [0.1, 0.15) is 29.6 Å². The summed E-state index contributed by atoms with van der Waals surface area (Å²) < 4.78 is 78.6. The number of anilines is 2. The van der Waals surface area contributed by atoms with Crippen LogP contribution in [0.15, 0.2) is 58.5 Å². The van der Waals surface area contributed by atoms with Crippen molar-refractivity contribution in [1.29, 1.82) is 0 Å². The predicted molar refractivity (Wildman–Crippen MR) is 157 cm³/mol. The Balaban J connectivity index is 1.18. The molecular weight excluding hydrogens is 617 g/mol. The van der Waals surface area contributed by atoms with E-state index in [0.717, 1.165) is 17.1 Å². The lowest BCUT2D eigenvalue weighted by molar-refractivity contribution is -0.138. The summed E-state index contributed by atoms with van der Waals surface area (Å²) in [6, 6.07) is 9.12. The fourth-order valence-electron chi connectivity index (χ4n) is 4.75. The van der Waals surface area contributed by atoms with E-state index < -0.39 is 38.9 Å². The van der Waals surface area contributed by atoms with Gasteiger partial charge in [0.2, 0.25) is 0 Å². The van der Waals surface area contributed by atoms with E-state index in [0.29, 0.717) is 48.4 Å². The van der Waals surface area contributed by atoms with Gasteiger partial charge in [-0.15, -0.1) is 0 Å². The maximum absolute atomic E-state index is 14.0. The largest absolute Gasteiger partial charge is 0.497 e. The zero-order valence-corrected chi connectivity index (χ0v) is 25.5. The molecule has 4 aromatic rings. The van der Waals surface area contributed by atoms with Crippen molar-refractivity contribution in [2.45, 2.75) is 50.3 Å². The minimum Gasteiger partial charge on any atom is -0.497 e. The van der Waals surface area contributed by atoms with Gasteiger partial charge in [-0.25, -0.2) is 27.7 Å². The van der Waals surface area contributed by atoms with E-state index in [9.17, 15) is 26.4 Å². The van der Waals surface area contributed by atoms with Crippen molar-refractivity contribution < 1.29 is 31.1 Å². The monoisotopic (exact) mass is 648 g/mol. The maximum atomic E-state index is 14.0. The number of nitrogens with zero attached hydrogens (tertiary/aromatic N) is 7. The quantitative estimate of drug-likeness (QED) is 0.256. The average molecular weight is 649 g/mol. The van der Waals surface area contributed by atoms with Gasteiger partial charge in [0.05, 0.1) is 50.1 Å². The van der Waals surface area contributed by atoms with Crippen molar-refractivity contribution in [3.8, 4) is 5.75 Å². The smallest absolute Gasteiger partial charge is 0.423 e. The molecule has 0 amide bonds. The molecule has 0 fully saturated rings. The van der Waals surface area contributed by atoms with Crippen LogP contribution in [0.5, 0.6) is 5.75 Å². The number of pyridine rings is 1. The lowest BCUT2D eigenvalue weighted by Crippen LogP contribution is -2.34. The van der Waals surface area contributed by atoms with Crippen molar-refractivity contribution in [3.63, 3.8) is 0 Å². The Labute approximate surface area is 256 Å². The zero-order valence-electron chi connectivity index (χ0n) is 24.7. The van der Waals surface area contributed by atoms with Gasteiger partial charge in [-0.3, -0.25) is 4.79 Å². The molecule has 1 unspecified atom stereocenters. The van der Waals surface area contributed by atoms with E-state index in [2.05, 4.69) is 25.5 Å². The molecule has 1 atom stereocenters. The number of ether oxygens (including phenoxy) is 2. The number of rotatable bonds is 11. The number of fused-ring (bicyclic) bond motifs is 1. The van der Waals surface area contributed by atoms with Crippen LogP contribution in [-0.2, 0) is 47.0 Å². The van der Waals surface area contributed by atoms with Gasteiger partial charge in [0.25, 0.3) is 5.56 Å². The lowest BCUT2D eigenvalue weighted by Gasteiger charge is -2.27. The molecular formula is C28H31F3N8O5S. The molecule has 1 aliphatic rings. The number of aromatic nitrogens is 6. The fourth-order valence-corrected chi connectivity index (χ4v) is 5.31. The summed E-state index contributed by atoms with van der Waals surface area (Å²) in [7, 11) is -1.86. The van der Waals surface area contributed by atoms with Crippen LogP contribution >= 0.6 is 0 Å². The van der Waals surface area contributed by atoms with Crippen LogP contribution in [-0.4, -0.2) is 70.5 Å². The first-order valence-corrected chi connectivity index (χ1v) is 15.7. The molecule has 1 aliphatic heterocycles. The van der Waals surface area contributed by atoms with Crippen molar-refractivity contribution in [2.24, 2.45) is 0 Å². The Morgan fingerprint density at radius 3 is 2.49 bits per heavy atom. The number of hydrogen-bond donors (Lipinski definition) is 1. The first kappa shape index (κ1) is 31.9. The molecule has 17 heteroatoms. The molecule has 240 valence electrons. The van der Waals surface area contributed by atoms with Crippen molar-refractivity contribution in [2.75, 3.05) is 36.7 Å². The molecule has 1 N–H and O–H groups in total. The molecule has 0 aliphatic carbocycles. The second kappa shape index (κ2) is 12.8. The second-order valence-electron chi connectivity index (χ2n) is 10.5. The molecule has 0 saturated carbocycles. The third-order valence-corrected chi connectivity index (χ3v) is 8.10. The molecule has 0 bridgehead atoms. The Hall–Kier alpha value is -4.51. The highest BCUT2D eigenvalue weighted by Gasteiger charge is 2.38. The summed E-state index contributed by atoms with van der Waals surface area (Å²) in [5.74, 6) is 2.25. The number of methoxy groups -OCH3 is 1. The van der Waals surface area contributed by atoms with Crippen LogP contribution in [0.2, 0.25) is 0 Å². The van der Waals surface area contributed by atoms with Crippen LogP contribution in [0.4, 0.5) is 24.7 Å². The molecule has 5 rings (SSSR count). The summed E-state index contributed by atoms with van der Waals surface area (Å²) in [4.78, 5) is 23.7. The third-order valence-electron chi connectivity index (χ3n) is 7.00. The second-order valence-corrected chi connectivity index (χ2v) is 12.5. The number of benzene rings is 1. The Kier molecular flexibility index (Phi) is 9.11. The van der Waals surface area contributed by atoms with Crippen LogP contribution in [0, 0.1) is 0 Å². The van der Waals surface area contributed by atoms with Gasteiger partial charge in [-0.2, -0.15) is 23.4 Å². The summed E-state index contributed by atoms with van der Waals surface area (Å²) in [5.41, 5.74) is -2.46. The Morgan fingerprint density at radius 1 is 1.09 bits per heavy atom. The van der Waals surface area contributed by atoms with Crippen LogP contribution in [0.1, 0.15) is 29.7 Å². The minimum atomic E-state index is -4.91. The summed E-state index contributed by atoms with van der Waals surface area (Å²) in [5, 5.41) is 11.1. The molecule has 0 radical (unpaired) electrons. The number of alkyl halides is 3. The number of halogens is 3. The SMILES string of the molecule is COc1ccc(Cn2ncc(NC(C)COCc3nc4n(n3)CCN(c3ccc(S(C)(=O)=O)cn3)C4)c(C(F)(F)F)c2=O)cc1. The molecule has 45 heavy (non-hydrogen) atoms. The van der Waals surface area contributed by atoms with Crippen molar-refractivity contribution >= 4 is 21.3 Å². The van der Waals surface area contributed by atoms with E-state index in [1.54, 1.807) is 41.9 Å².